The molecule has 4 rings (SSSR count). The lowest BCUT2D eigenvalue weighted by atomic mass is 9.92. The first-order valence-corrected chi connectivity index (χ1v) is 9.93. The summed E-state index contributed by atoms with van der Waals surface area (Å²) in [6.45, 7) is 1.42. The Hall–Kier alpha value is -4.00. The second-order valence-electron chi connectivity index (χ2n) is 7.66. The summed E-state index contributed by atoms with van der Waals surface area (Å²) in [6.07, 6.45) is 0. The number of carboxylic acid groups (broad SMARTS) is 1. The number of fused-ring (bicyclic) bond motifs is 1. The van der Waals surface area contributed by atoms with Gasteiger partial charge in [0, 0.05) is 16.5 Å². The van der Waals surface area contributed by atoms with Crippen LogP contribution in [0.5, 0.6) is 0 Å². The van der Waals surface area contributed by atoms with Gasteiger partial charge < -0.3 is 15.0 Å². The predicted octanol–water partition coefficient (Wildman–Crippen LogP) is 4.70. The van der Waals surface area contributed by atoms with Gasteiger partial charge in [-0.3, -0.25) is 4.79 Å². The summed E-state index contributed by atoms with van der Waals surface area (Å²) < 4.78 is 29.3. The number of benzene rings is 3. The van der Waals surface area contributed by atoms with E-state index in [9.17, 15) is 23.5 Å². The van der Waals surface area contributed by atoms with E-state index in [0.717, 1.165) is 17.5 Å². The molecule has 0 fully saturated rings. The minimum absolute atomic E-state index is 0.0866. The van der Waals surface area contributed by atoms with Crippen LogP contribution in [0.4, 0.5) is 8.78 Å². The molecule has 0 aliphatic carbocycles. The van der Waals surface area contributed by atoms with Crippen molar-refractivity contribution >= 4 is 22.8 Å². The molecule has 0 bridgehead atoms. The molecular weight excluding hydrogens is 414 g/mol. The fourth-order valence-electron chi connectivity index (χ4n) is 3.69. The van der Waals surface area contributed by atoms with Gasteiger partial charge in [-0.15, -0.1) is 0 Å². The number of amides is 1. The molecule has 2 N–H and O–H groups in total. The van der Waals surface area contributed by atoms with Gasteiger partial charge in [-0.2, -0.15) is 0 Å². The third-order valence-corrected chi connectivity index (χ3v) is 5.54. The zero-order chi connectivity index (χ0) is 22.9. The summed E-state index contributed by atoms with van der Waals surface area (Å²) in [5.41, 5.74) is -0.299. The van der Waals surface area contributed by atoms with E-state index in [4.69, 9.17) is 0 Å². The van der Waals surface area contributed by atoms with Crippen molar-refractivity contribution in [2.75, 3.05) is 0 Å². The lowest BCUT2D eigenvalue weighted by Gasteiger charge is -2.27. The summed E-state index contributed by atoms with van der Waals surface area (Å²) in [6, 6.07) is 20.1. The van der Waals surface area contributed by atoms with E-state index in [0.29, 0.717) is 11.1 Å². The third-order valence-electron chi connectivity index (χ3n) is 5.54. The van der Waals surface area contributed by atoms with Gasteiger partial charge in [-0.25, -0.2) is 13.6 Å². The number of hydrogen-bond donors (Lipinski definition) is 2. The van der Waals surface area contributed by atoms with Crippen LogP contribution in [0.25, 0.3) is 10.9 Å². The molecule has 7 heteroatoms. The molecule has 3 aromatic carbocycles. The van der Waals surface area contributed by atoms with E-state index >= 15 is 0 Å². The molecule has 0 aliphatic rings. The Labute approximate surface area is 182 Å². The molecular formula is C25H20F2N2O3. The Morgan fingerprint density at radius 2 is 1.62 bits per heavy atom. The molecule has 4 aromatic rings. The van der Waals surface area contributed by atoms with Gasteiger partial charge in [0.15, 0.2) is 5.54 Å². The van der Waals surface area contributed by atoms with E-state index in [1.165, 1.54) is 25.1 Å². The highest BCUT2D eigenvalue weighted by Gasteiger charge is 2.38. The Bertz CT molecular complexity index is 1310. The Morgan fingerprint density at radius 1 is 0.969 bits per heavy atom. The number of aromatic nitrogens is 1. The highest BCUT2D eigenvalue weighted by molar-refractivity contribution is 6.01. The Balaban J connectivity index is 1.77. The van der Waals surface area contributed by atoms with E-state index in [1.54, 1.807) is 28.8 Å². The van der Waals surface area contributed by atoms with E-state index < -0.39 is 29.0 Å². The number of nitrogens with one attached hydrogen (secondary N) is 1. The fourth-order valence-corrected chi connectivity index (χ4v) is 3.69. The molecule has 1 atom stereocenters. The first-order valence-electron chi connectivity index (χ1n) is 9.93. The van der Waals surface area contributed by atoms with Gasteiger partial charge >= 0.3 is 5.97 Å². The highest BCUT2D eigenvalue weighted by atomic mass is 19.1. The molecule has 1 heterocycles. The van der Waals surface area contributed by atoms with Crippen LogP contribution in [0.1, 0.15) is 28.5 Å². The fraction of sp³-hybridized carbons (Fsp3) is 0.120. The van der Waals surface area contributed by atoms with Crippen molar-refractivity contribution in [3.05, 3.63) is 107 Å². The summed E-state index contributed by atoms with van der Waals surface area (Å²) >= 11 is 0. The number of para-hydroxylation sites is 1. The van der Waals surface area contributed by atoms with Crippen LogP contribution in [0, 0.1) is 11.6 Å². The maximum atomic E-state index is 14.3. The van der Waals surface area contributed by atoms with Crippen LogP contribution < -0.4 is 5.32 Å². The standard InChI is InChI=1S/C25H20F2N2O3/c1-25(24(31)32,18-10-12-19(26)13-11-18)28-23(30)22-14-16-6-3-5-9-21(16)29(22)15-17-7-2-4-8-20(17)27/h2-14H,15H2,1H3,(H,28,30)(H,31,32). The summed E-state index contributed by atoms with van der Waals surface area (Å²) in [4.78, 5) is 25.4. The molecule has 1 unspecified atom stereocenters. The van der Waals surface area contributed by atoms with Crippen molar-refractivity contribution in [1.29, 1.82) is 0 Å². The van der Waals surface area contributed by atoms with Gasteiger partial charge in [0.05, 0.1) is 6.54 Å². The average molecular weight is 434 g/mol. The predicted molar refractivity (Wildman–Crippen MR) is 116 cm³/mol. The number of carbonyl (C=O) groups excluding carboxylic acids is 1. The topological polar surface area (TPSA) is 71.3 Å². The van der Waals surface area contributed by atoms with Gasteiger partial charge in [0.2, 0.25) is 0 Å². The number of rotatable bonds is 6. The number of carboxylic acids is 1. The van der Waals surface area contributed by atoms with E-state index in [-0.39, 0.29) is 17.8 Å². The lowest BCUT2D eigenvalue weighted by Crippen LogP contribution is -2.50. The van der Waals surface area contributed by atoms with E-state index in [2.05, 4.69) is 5.32 Å². The smallest absolute Gasteiger partial charge is 0.333 e. The largest absolute Gasteiger partial charge is 0.479 e. The summed E-state index contributed by atoms with van der Waals surface area (Å²) in [5, 5.41) is 13.2. The highest BCUT2D eigenvalue weighted by Crippen LogP contribution is 2.26. The normalized spacial score (nSPS) is 13.0. The van der Waals surface area contributed by atoms with Crippen LogP contribution >= 0.6 is 0 Å². The zero-order valence-electron chi connectivity index (χ0n) is 17.2. The molecule has 32 heavy (non-hydrogen) atoms. The van der Waals surface area contributed by atoms with Gasteiger partial charge in [0.25, 0.3) is 5.91 Å². The Morgan fingerprint density at radius 3 is 2.31 bits per heavy atom. The maximum Gasteiger partial charge on any atom is 0.333 e. The van der Waals surface area contributed by atoms with Gasteiger partial charge in [0.1, 0.15) is 17.3 Å². The van der Waals surface area contributed by atoms with Gasteiger partial charge in [-0.05, 0) is 42.8 Å². The number of nitrogens with zero attached hydrogens (tertiary/aromatic N) is 1. The molecule has 1 amide bonds. The lowest BCUT2D eigenvalue weighted by molar-refractivity contribution is -0.144. The van der Waals surface area contributed by atoms with Crippen LogP contribution in [-0.4, -0.2) is 21.6 Å². The van der Waals surface area contributed by atoms with Crippen LogP contribution in [0.15, 0.2) is 78.9 Å². The second kappa shape index (κ2) is 8.26. The zero-order valence-corrected chi connectivity index (χ0v) is 17.2. The van der Waals surface area contributed by atoms with Crippen molar-refractivity contribution in [3.8, 4) is 0 Å². The second-order valence-corrected chi connectivity index (χ2v) is 7.66. The molecule has 0 radical (unpaired) electrons. The minimum atomic E-state index is -1.80. The van der Waals surface area contributed by atoms with Crippen molar-refractivity contribution in [3.63, 3.8) is 0 Å². The quantitative estimate of drug-likeness (QED) is 0.462. The van der Waals surface area contributed by atoms with Crippen molar-refractivity contribution in [2.24, 2.45) is 0 Å². The minimum Gasteiger partial charge on any atom is -0.479 e. The molecule has 1 aromatic heterocycles. The number of halogens is 2. The molecule has 5 nitrogen and oxygen atoms in total. The van der Waals surface area contributed by atoms with Crippen LogP contribution in [0.3, 0.4) is 0 Å². The molecule has 0 aliphatic heterocycles. The monoisotopic (exact) mass is 434 g/mol. The summed E-state index contributed by atoms with van der Waals surface area (Å²) in [5.74, 6) is -2.86. The molecule has 0 spiro atoms. The average Bonchev–Trinajstić information content (AvgIpc) is 3.14. The van der Waals surface area contributed by atoms with Crippen LogP contribution in [-0.2, 0) is 16.9 Å². The van der Waals surface area contributed by atoms with Gasteiger partial charge in [-0.1, -0.05) is 48.5 Å². The van der Waals surface area contributed by atoms with Crippen molar-refractivity contribution in [2.45, 2.75) is 19.0 Å². The van der Waals surface area contributed by atoms with Crippen molar-refractivity contribution in [1.82, 2.24) is 9.88 Å². The molecule has 162 valence electrons. The number of hydrogen-bond acceptors (Lipinski definition) is 2. The third kappa shape index (κ3) is 3.85. The first-order chi connectivity index (χ1) is 15.3. The number of carbonyl (C=O) groups is 2. The Kier molecular flexibility index (Phi) is 5.48. The number of aliphatic carboxylic acids is 1. The van der Waals surface area contributed by atoms with E-state index in [1.807, 2.05) is 24.3 Å². The maximum absolute atomic E-state index is 14.3. The molecule has 0 saturated carbocycles. The first kappa shape index (κ1) is 21.2. The summed E-state index contributed by atoms with van der Waals surface area (Å²) in [7, 11) is 0. The SMILES string of the molecule is CC(NC(=O)c1cc2ccccc2n1Cc1ccccc1F)(C(=O)O)c1ccc(F)cc1. The van der Waals surface area contributed by atoms with Crippen molar-refractivity contribution < 1.29 is 23.5 Å². The molecule has 0 saturated heterocycles. The van der Waals surface area contributed by atoms with Crippen LogP contribution in [0.2, 0.25) is 0 Å².